The number of hydrogen-bond acceptors (Lipinski definition) is 5. The topological polar surface area (TPSA) is 85.7 Å². The molecule has 1 amide bonds. The van der Waals surface area contributed by atoms with E-state index in [0.29, 0.717) is 11.0 Å². The second-order valence-corrected chi connectivity index (χ2v) is 7.91. The quantitative estimate of drug-likeness (QED) is 0.767. The molecule has 2 aromatic rings. The second-order valence-electron chi connectivity index (χ2n) is 6.96. The Morgan fingerprint density at radius 2 is 2.00 bits per heavy atom. The van der Waals surface area contributed by atoms with E-state index in [2.05, 4.69) is 40.3 Å². The Morgan fingerprint density at radius 1 is 1.30 bits per heavy atom. The lowest BCUT2D eigenvalue weighted by atomic mass is 9.81. The average Bonchev–Trinajstić information content (AvgIpc) is 3.21. The van der Waals surface area contributed by atoms with Crippen molar-refractivity contribution < 1.29 is 4.79 Å². The SMILES string of the molecule is CCc1ccc(-c2nc(SCC(=O)N(C)C3(C#N)CCCCC3)n[nH]2)cc1. The molecule has 1 saturated carbocycles. The first-order valence-corrected chi connectivity index (χ1v) is 10.4. The Kier molecular flexibility index (Phi) is 6.17. The predicted molar refractivity (Wildman–Crippen MR) is 106 cm³/mol. The van der Waals surface area contributed by atoms with Gasteiger partial charge in [0.1, 0.15) is 5.54 Å². The number of amides is 1. The van der Waals surface area contributed by atoms with Crippen molar-refractivity contribution in [3.05, 3.63) is 29.8 Å². The second kappa shape index (κ2) is 8.57. The molecule has 0 unspecified atom stereocenters. The highest BCUT2D eigenvalue weighted by Crippen LogP contribution is 2.33. The van der Waals surface area contributed by atoms with Crippen LogP contribution in [0.3, 0.4) is 0 Å². The summed E-state index contributed by atoms with van der Waals surface area (Å²) in [7, 11) is 1.75. The number of carbonyl (C=O) groups is 1. The van der Waals surface area contributed by atoms with Crippen LogP contribution in [-0.4, -0.2) is 44.3 Å². The summed E-state index contributed by atoms with van der Waals surface area (Å²) >= 11 is 1.30. The maximum atomic E-state index is 12.6. The molecule has 0 spiro atoms. The molecular weight excluding hydrogens is 358 g/mol. The van der Waals surface area contributed by atoms with Crippen molar-refractivity contribution in [2.24, 2.45) is 0 Å². The molecule has 7 heteroatoms. The maximum Gasteiger partial charge on any atom is 0.234 e. The minimum absolute atomic E-state index is 0.0536. The molecule has 0 saturated heterocycles. The Morgan fingerprint density at radius 3 is 2.63 bits per heavy atom. The van der Waals surface area contributed by atoms with Crippen molar-refractivity contribution in [3.8, 4) is 17.5 Å². The summed E-state index contributed by atoms with van der Waals surface area (Å²) in [5, 5.41) is 17.3. The number of nitrogens with one attached hydrogen (secondary N) is 1. The zero-order valence-electron chi connectivity index (χ0n) is 15.9. The number of carbonyl (C=O) groups excluding carboxylic acids is 1. The first kappa shape index (κ1) is 19.4. The van der Waals surface area contributed by atoms with E-state index in [0.717, 1.165) is 44.1 Å². The van der Waals surface area contributed by atoms with Gasteiger partial charge in [-0.05, 0) is 24.8 Å². The number of hydrogen-bond donors (Lipinski definition) is 1. The van der Waals surface area contributed by atoms with E-state index in [9.17, 15) is 10.1 Å². The molecule has 0 aliphatic heterocycles. The fourth-order valence-electron chi connectivity index (χ4n) is 3.46. The summed E-state index contributed by atoms with van der Waals surface area (Å²) in [5.41, 5.74) is 1.59. The number of aryl methyl sites for hydroxylation is 1. The Labute approximate surface area is 164 Å². The molecule has 1 heterocycles. The molecular formula is C20H25N5OS. The predicted octanol–water partition coefficient (Wildman–Crippen LogP) is 3.81. The molecule has 0 atom stereocenters. The third-order valence-electron chi connectivity index (χ3n) is 5.33. The zero-order valence-corrected chi connectivity index (χ0v) is 16.7. The maximum absolute atomic E-state index is 12.6. The highest BCUT2D eigenvalue weighted by Gasteiger charge is 2.38. The van der Waals surface area contributed by atoms with Gasteiger partial charge >= 0.3 is 0 Å². The van der Waals surface area contributed by atoms with Gasteiger partial charge in [0.2, 0.25) is 11.1 Å². The van der Waals surface area contributed by atoms with E-state index < -0.39 is 5.54 Å². The van der Waals surface area contributed by atoms with Gasteiger partial charge in [-0.1, -0.05) is 62.2 Å². The van der Waals surface area contributed by atoms with Crippen LogP contribution in [0.25, 0.3) is 11.4 Å². The lowest BCUT2D eigenvalue weighted by Crippen LogP contribution is -2.50. The van der Waals surface area contributed by atoms with Crippen LogP contribution in [0.1, 0.15) is 44.6 Å². The number of nitriles is 1. The highest BCUT2D eigenvalue weighted by molar-refractivity contribution is 7.99. The van der Waals surface area contributed by atoms with Gasteiger partial charge in [-0.2, -0.15) is 5.26 Å². The van der Waals surface area contributed by atoms with Crippen molar-refractivity contribution in [1.29, 1.82) is 5.26 Å². The Hall–Kier alpha value is -2.33. The largest absolute Gasteiger partial charge is 0.326 e. The first-order chi connectivity index (χ1) is 13.1. The third-order valence-corrected chi connectivity index (χ3v) is 6.16. The third kappa shape index (κ3) is 4.33. The lowest BCUT2D eigenvalue weighted by molar-refractivity contribution is -0.131. The van der Waals surface area contributed by atoms with Crippen LogP contribution in [0.4, 0.5) is 0 Å². The summed E-state index contributed by atoms with van der Waals surface area (Å²) in [4.78, 5) is 18.7. The summed E-state index contributed by atoms with van der Waals surface area (Å²) < 4.78 is 0. The molecule has 0 radical (unpaired) electrons. The molecule has 27 heavy (non-hydrogen) atoms. The molecule has 1 aliphatic carbocycles. The van der Waals surface area contributed by atoms with Crippen LogP contribution < -0.4 is 0 Å². The van der Waals surface area contributed by atoms with Crippen LogP contribution in [0.15, 0.2) is 29.4 Å². The standard InChI is InChI=1S/C20H25N5OS/c1-3-15-7-9-16(10-8-15)18-22-19(24-23-18)27-13-17(26)25(2)20(14-21)11-5-4-6-12-20/h7-10H,3-6,11-13H2,1-2H3,(H,22,23,24). The van der Waals surface area contributed by atoms with Crippen molar-refractivity contribution in [2.45, 2.75) is 56.1 Å². The normalized spacial score (nSPS) is 15.9. The van der Waals surface area contributed by atoms with Gasteiger partial charge in [0, 0.05) is 12.6 Å². The van der Waals surface area contributed by atoms with Gasteiger partial charge in [-0.3, -0.25) is 9.89 Å². The molecule has 1 fully saturated rings. The average molecular weight is 384 g/mol. The van der Waals surface area contributed by atoms with Gasteiger partial charge in [-0.25, -0.2) is 4.98 Å². The van der Waals surface area contributed by atoms with Crippen LogP contribution >= 0.6 is 11.8 Å². The van der Waals surface area contributed by atoms with E-state index in [1.807, 2.05) is 12.1 Å². The monoisotopic (exact) mass is 383 g/mol. The molecule has 3 rings (SSSR count). The fourth-order valence-corrected chi connectivity index (χ4v) is 4.17. The van der Waals surface area contributed by atoms with Crippen LogP contribution in [0, 0.1) is 11.3 Å². The van der Waals surface area contributed by atoms with E-state index in [-0.39, 0.29) is 11.7 Å². The number of rotatable bonds is 6. The summed E-state index contributed by atoms with van der Waals surface area (Å²) in [6.45, 7) is 2.12. The lowest BCUT2D eigenvalue weighted by Gasteiger charge is -2.38. The zero-order chi connectivity index (χ0) is 19.3. The van der Waals surface area contributed by atoms with Gasteiger partial charge in [0.15, 0.2) is 5.82 Å². The van der Waals surface area contributed by atoms with E-state index in [1.165, 1.54) is 17.3 Å². The number of aromatic amines is 1. The Bertz CT molecular complexity index is 818. The number of nitrogens with zero attached hydrogens (tertiary/aromatic N) is 4. The summed E-state index contributed by atoms with van der Waals surface area (Å²) in [5.74, 6) is 0.871. The van der Waals surface area contributed by atoms with Crippen LogP contribution in [0.2, 0.25) is 0 Å². The molecule has 1 aromatic carbocycles. The van der Waals surface area contributed by atoms with Crippen molar-refractivity contribution >= 4 is 17.7 Å². The van der Waals surface area contributed by atoms with Gasteiger partial charge in [-0.15, -0.1) is 5.10 Å². The highest BCUT2D eigenvalue weighted by atomic mass is 32.2. The Balaban J connectivity index is 1.60. The van der Waals surface area contributed by atoms with Crippen molar-refractivity contribution in [2.75, 3.05) is 12.8 Å². The van der Waals surface area contributed by atoms with Crippen LogP contribution in [-0.2, 0) is 11.2 Å². The smallest absolute Gasteiger partial charge is 0.234 e. The van der Waals surface area contributed by atoms with Gasteiger partial charge in [0.25, 0.3) is 0 Å². The van der Waals surface area contributed by atoms with Gasteiger partial charge in [0.05, 0.1) is 11.8 Å². The number of benzene rings is 1. The summed E-state index contributed by atoms with van der Waals surface area (Å²) in [6, 6.07) is 10.6. The minimum Gasteiger partial charge on any atom is -0.326 e. The van der Waals surface area contributed by atoms with E-state index in [4.69, 9.17) is 0 Å². The molecule has 0 bridgehead atoms. The van der Waals surface area contributed by atoms with Crippen molar-refractivity contribution in [1.82, 2.24) is 20.1 Å². The summed E-state index contributed by atoms with van der Waals surface area (Å²) in [6.07, 6.45) is 5.65. The molecule has 1 N–H and O–H groups in total. The minimum atomic E-state index is -0.652. The van der Waals surface area contributed by atoms with E-state index >= 15 is 0 Å². The molecule has 142 valence electrons. The number of thioether (sulfide) groups is 1. The number of aromatic nitrogens is 3. The molecule has 1 aliphatic rings. The van der Waals surface area contributed by atoms with Crippen LogP contribution in [0.5, 0.6) is 0 Å². The number of H-pyrrole nitrogens is 1. The fraction of sp³-hybridized carbons (Fsp3) is 0.500. The molecule has 6 nitrogen and oxygen atoms in total. The van der Waals surface area contributed by atoms with Crippen molar-refractivity contribution in [3.63, 3.8) is 0 Å². The van der Waals surface area contributed by atoms with E-state index in [1.54, 1.807) is 11.9 Å². The van der Waals surface area contributed by atoms with Gasteiger partial charge < -0.3 is 4.90 Å². The molecule has 1 aromatic heterocycles. The first-order valence-electron chi connectivity index (χ1n) is 9.40.